The smallest absolute Gasteiger partial charge is 0.339 e. The van der Waals surface area contributed by atoms with E-state index in [2.05, 4.69) is 34.3 Å². The van der Waals surface area contributed by atoms with Gasteiger partial charge >= 0.3 is 6.01 Å². The fraction of sp³-hybridized carbons (Fsp3) is 0.348. The number of anilines is 1. The van der Waals surface area contributed by atoms with Crippen LogP contribution in [0.2, 0.25) is 0 Å². The standard InChI is InChI=1S/C23H26N4O3/c1-3-5-15-29-23-25-22-20(26-27-23)16-10-6-8-12-18(16)24-21(30-22)17-11-7-9-13-19(17)28-14-4-2/h6-13,21,24H,3-5,14-15H2,1-2H3. The van der Waals surface area contributed by atoms with Crippen LogP contribution in [0.15, 0.2) is 48.5 Å². The number of nitrogens with zero attached hydrogens (tertiary/aromatic N) is 3. The molecular formula is C23H26N4O3. The van der Waals surface area contributed by atoms with Crippen molar-refractivity contribution in [1.29, 1.82) is 0 Å². The average Bonchev–Trinajstić information content (AvgIpc) is 2.94. The van der Waals surface area contributed by atoms with Gasteiger partial charge in [-0.15, -0.1) is 5.10 Å². The quantitative estimate of drug-likeness (QED) is 0.527. The van der Waals surface area contributed by atoms with Crippen molar-refractivity contribution in [3.63, 3.8) is 0 Å². The monoisotopic (exact) mass is 406 g/mol. The molecule has 4 rings (SSSR count). The van der Waals surface area contributed by atoms with Gasteiger partial charge in [0.15, 0.2) is 5.69 Å². The van der Waals surface area contributed by atoms with Crippen LogP contribution in [0.5, 0.6) is 17.6 Å². The van der Waals surface area contributed by atoms with Crippen molar-refractivity contribution in [2.75, 3.05) is 18.5 Å². The lowest BCUT2D eigenvalue weighted by molar-refractivity contribution is 0.210. The van der Waals surface area contributed by atoms with Gasteiger partial charge in [0.05, 0.1) is 18.8 Å². The summed E-state index contributed by atoms with van der Waals surface area (Å²) in [4.78, 5) is 4.51. The predicted molar refractivity (Wildman–Crippen MR) is 115 cm³/mol. The van der Waals surface area contributed by atoms with Crippen LogP contribution < -0.4 is 19.5 Å². The highest BCUT2D eigenvalue weighted by Gasteiger charge is 2.27. The summed E-state index contributed by atoms with van der Waals surface area (Å²) in [6.45, 7) is 5.37. The summed E-state index contributed by atoms with van der Waals surface area (Å²) < 4.78 is 17.9. The van der Waals surface area contributed by atoms with Crippen molar-refractivity contribution in [2.45, 2.75) is 39.3 Å². The van der Waals surface area contributed by atoms with Crippen molar-refractivity contribution in [1.82, 2.24) is 15.2 Å². The second-order valence-corrected chi connectivity index (χ2v) is 7.02. The molecule has 1 aromatic heterocycles. The summed E-state index contributed by atoms with van der Waals surface area (Å²) in [5, 5.41) is 12.0. The van der Waals surface area contributed by atoms with Crippen LogP contribution in [0.3, 0.4) is 0 Å². The Labute approximate surface area is 176 Å². The Hall–Kier alpha value is -3.35. The first-order valence-corrected chi connectivity index (χ1v) is 10.4. The number of rotatable bonds is 8. The molecule has 0 fully saturated rings. The molecule has 1 aliphatic heterocycles. The highest BCUT2D eigenvalue weighted by Crippen LogP contribution is 2.40. The Morgan fingerprint density at radius 2 is 1.77 bits per heavy atom. The molecule has 0 saturated carbocycles. The van der Waals surface area contributed by atoms with Gasteiger partial charge in [-0.25, -0.2) is 0 Å². The first-order valence-electron chi connectivity index (χ1n) is 10.4. The van der Waals surface area contributed by atoms with Gasteiger partial charge in [0.2, 0.25) is 12.1 Å². The van der Waals surface area contributed by atoms with Crippen molar-refractivity contribution in [3.05, 3.63) is 54.1 Å². The van der Waals surface area contributed by atoms with Crippen molar-refractivity contribution in [2.24, 2.45) is 0 Å². The second kappa shape index (κ2) is 9.43. The molecule has 0 saturated heterocycles. The number of nitrogens with one attached hydrogen (secondary N) is 1. The van der Waals surface area contributed by atoms with Crippen LogP contribution in [0.1, 0.15) is 44.9 Å². The van der Waals surface area contributed by atoms with Crippen molar-refractivity contribution < 1.29 is 14.2 Å². The maximum atomic E-state index is 6.31. The Bertz CT molecular complexity index is 996. The van der Waals surface area contributed by atoms with Gasteiger partial charge in [0.1, 0.15) is 5.75 Å². The summed E-state index contributed by atoms with van der Waals surface area (Å²) in [6, 6.07) is 16.0. The number of hydrogen-bond donors (Lipinski definition) is 1. The Morgan fingerprint density at radius 1 is 0.933 bits per heavy atom. The molecule has 7 nitrogen and oxygen atoms in total. The summed E-state index contributed by atoms with van der Waals surface area (Å²) in [7, 11) is 0. The lowest BCUT2D eigenvalue weighted by atomic mass is 10.1. The number of hydrogen-bond acceptors (Lipinski definition) is 7. The molecule has 0 amide bonds. The van der Waals surface area contributed by atoms with Crippen LogP contribution in [0, 0.1) is 0 Å². The highest BCUT2D eigenvalue weighted by atomic mass is 16.5. The molecule has 0 spiro atoms. The van der Waals surface area contributed by atoms with Gasteiger partial charge in [0, 0.05) is 11.3 Å². The summed E-state index contributed by atoms with van der Waals surface area (Å²) >= 11 is 0. The maximum absolute atomic E-state index is 6.31. The van der Waals surface area contributed by atoms with Crippen LogP contribution in [-0.4, -0.2) is 28.4 Å². The number of ether oxygens (including phenoxy) is 3. The predicted octanol–water partition coefficient (Wildman–Crippen LogP) is 5.01. The van der Waals surface area contributed by atoms with Gasteiger partial charge in [-0.1, -0.05) is 55.7 Å². The zero-order valence-electron chi connectivity index (χ0n) is 17.3. The number of fused-ring (bicyclic) bond motifs is 3. The fourth-order valence-electron chi connectivity index (χ4n) is 3.20. The zero-order chi connectivity index (χ0) is 20.8. The van der Waals surface area contributed by atoms with Crippen LogP contribution in [-0.2, 0) is 0 Å². The summed E-state index contributed by atoms with van der Waals surface area (Å²) in [6.07, 6.45) is 2.38. The molecule has 30 heavy (non-hydrogen) atoms. The third-order valence-electron chi connectivity index (χ3n) is 4.73. The van der Waals surface area contributed by atoms with Gasteiger partial charge in [0.25, 0.3) is 0 Å². The second-order valence-electron chi connectivity index (χ2n) is 7.02. The molecule has 1 aliphatic rings. The van der Waals surface area contributed by atoms with Crippen LogP contribution >= 0.6 is 0 Å². The molecule has 1 unspecified atom stereocenters. The van der Waals surface area contributed by atoms with E-state index in [1.807, 2.05) is 48.5 Å². The van der Waals surface area contributed by atoms with Gasteiger partial charge in [-0.2, -0.15) is 4.98 Å². The Kier molecular flexibility index (Phi) is 6.27. The largest absolute Gasteiger partial charge is 0.493 e. The Morgan fingerprint density at radius 3 is 2.63 bits per heavy atom. The minimum absolute atomic E-state index is 0.218. The number of aromatic nitrogens is 3. The van der Waals surface area contributed by atoms with Gasteiger partial charge in [-0.3, -0.25) is 0 Å². The van der Waals surface area contributed by atoms with E-state index < -0.39 is 6.23 Å². The fourth-order valence-corrected chi connectivity index (χ4v) is 3.20. The molecule has 0 bridgehead atoms. The normalized spacial score (nSPS) is 14.5. The molecule has 7 heteroatoms. The SMILES string of the molecule is CCCCOc1nnc2c(n1)OC(c1ccccc1OCCC)Nc1ccccc1-2. The van der Waals surface area contributed by atoms with E-state index in [9.17, 15) is 0 Å². The minimum atomic E-state index is -0.499. The molecule has 0 aliphatic carbocycles. The number of para-hydroxylation sites is 2. The first-order chi connectivity index (χ1) is 14.8. The molecule has 156 valence electrons. The average molecular weight is 406 g/mol. The summed E-state index contributed by atoms with van der Waals surface area (Å²) in [5.74, 6) is 1.16. The molecule has 2 heterocycles. The third kappa shape index (κ3) is 4.30. The molecule has 2 aromatic carbocycles. The minimum Gasteiger partial charge on any atom is -0.493 e. The first kappa shape index (κ1) is 19.9. The van der Waals surface area contributed by atoms with Crippen LogP contribution in [0.4, 0.5) is 5.69 Å². The van der Waals surface area contributed by atoms with E-state index in [0.29, 0.717) is 24.8 Å². The molecule has 1 atom stereocenters. The van der Waals surface area contributed by atoms with E-state index in [-0.39, 0.29) is 6.01 Å². The third-order valence-corrected chi connectivity index (χ3v) is 4.73. The van der Waals surface area contributed by atoms with Crippen LogP contribution in [0.25, 0.3) is 11.3 Å². The Balaban J connectivity index is 1.73. The lowest BCUT2D eigenvalue weighted by Crippen LogP contribution is -2.18. The molecule has 0 radical (unpaired) electrons. The number of unbranched alkanes of at least 4 members (excludes halogenated alkanes) is 1. The topological polar surface area (TPSA) is 78.4 Å². The van der Waals surface area contributed by atoms with E-state index in [4.69, 9.17) is 14.2 Å². The lowest BCUT2D eigenvalue weighted by Gasteiger charge is -2.21. The maximum Gasteiger partial charge on any atom is 0.339 e. The summed E-state index contributed by atoms with van der Waals surface area (Å²) in [5.41, 5.74) is 3.24. The van der Waals surface area contributed by atoms with E-state index in [1.54, 1.807) is 0 Å². The van der Waals surface area contributed by atoms with Gasteiger partial charge < -0.3 is 19.5 Å². The van der Waals surface area contributed by atoms with E-state index in [0.717, 1.165) is 41.8 Å². The number of benzene rings is 2. The van der Waals surface area contributed by atoms with Gasteiger partial charge in [-0.05, 0) is 31.0 Å². The van der Waals surface area contributed by atoms with E-state index >= 15 is 0 Å². The molecular weight excluding hydrogens is 380 g/mol. The van der Waals surface area contributed by atoms with Crippen molar-refractivity contribution >= 4 is 5.69 Å². The highest BCUT2D eigenvalue weighted by molar-refractivity contribution is 5.79. The molecule has 1 N–H and O–H groups in total. The molecule has 3 aromatic rings. The zero-order valence-corrected chi connectivity index (χ0v) is 17.3. The van der Waals surface area contributed by atoms with E-state index in [1.165, 1.54) is 0 Å². The van der Waals surface area contributed by atoms with Crippen molar-refractivity contribution in [3.8, 4) is 28.9 Å².